The molecule has 7 heteroatoms. The average molecular weight is 352 g/mol. The number of carbonyl (C=O) groups is 2. The first-order valence-electron chi connectivity index (χ1n) is 8.37. The molecule has 1 aliphatic rings. The van der Waals surface area contributed by atoms with Crippen LogP contribution in [0.15, 0.2) is 24.3 Å². The molecule has 25 heavy (non-hydrogen) atoms. The molecular formula is C18H25FN2O4. The van der Waals surface area contributed by atoms with Gasteiger partial charge in [-0.05, 0) is 30.5 Å². The Hall–Kier alpha value is -1.99. The molecule has 1 aliphatic heterocycles. The second-order valence-corrected chi connectivity index (χ2v) is 6.10. The largest absolute Gasteiger partial charge is 0.383 e. The van der Waals surface area contributed by atoms with Crippen molar-refractivity contribution in [2.24, 2.45) is 5.92 Å². The zero-order valence-electron chi connectivity index (χ0n) is 14.7. The number of nitrogens with one attached hydrogen (secondary N) is 1. The molecule has 2 amide bonds. The third-order valence-electron chi connectivity index (χ3n) is 4.40. The molecule has 0 radical (unpaired) electrons. The normalized spacial score (nSPS) is 20.4. The minimum absolute atomic E-state index is 0.0459. The summed E-state index contributed by atoms with van der Waals surface area (Å²) >= 11 is 0. The van der Waals surface area contributed by atoms with Crippen molar-refractivity contribution < 1.29 is 23.5 Å². The van der Waals surface area contributed by atoms with E-state index in [0.717, 1.165) is 5.56 Å². The van der Waals surface area contributed by atoms with Crippen molar-refractivity contribution in [2.45, 2.75) is 18.9 Å². The summed E-state index contributed by atoms with van der Waals surface area (Å²) in [4.78, 5) is 26.4. The second-order valence-electron chi connectivity index (χ2n) is 6.10. The molecule has 2 rings (SSSR count). The van der Waals surface area contributed by atoms with E-state index in [1.54, 1.807) is 24.1 Å². The summed E-state index contributed by atoms with van der Waals surface area (Å²) in [6.45, 7) is 1.17. The molecule has 6 nitrogen and oxygen atoms in total. The highest BCUT2D eigenvalue weighted by molar-refractivity contribution is 5.82. The molecule has 2 atom stereocenters. The Morgan fingerprint density at radius 1 is 1.20 bits per heavy atom. The lowest BCUT2D eigenvalue weighted by Gasteiger charge is -2.39. The van der Waals surface area contributed by atoms with Crippen LogP contribution in [-0.4, -0.2) is 57.2 Å². The van der Waals surface area contributed by atoms with Gasteiger partial charge < -0.3 is 19.7 Å². The summed E-state index contributed by atoms with van der Waals surface area (Å²) in [5.74, 6) is -0.838. The molecule has 1 saturated heterocycles. The predicted molar refractivity (Wildman–Crippen MR) is 90.3 cm³/mol. The third-order valence-corrected chi connectivity index (χ3v) is 4.40. The van der Waals surface area contributed by atoms with Crippen molar-refractivity contribution in [1.82, 2.24) is 10.2 Å². The van der Waals surface area contributed by atoms with Crippen LogP contribution in [0, 0.1) is 11.7 Å². The number of ether oxygens (including phenoxy) is 2. The minimum Gasteiger partial charge on any atom is -0.383 e. The van der Waals surface area contributed by atoms with E-state index in [1.165, 1.54) is 19.2 Å². The Morgan fingerprint density at radius 3 is 2.56 bits per heavy atom. The standard InChI is InChI=1S/C18H25FN2O4/c1-24-10-9-20-18(23)14-5-8-16(13-3-6-15(19)7-4-13)21(11-14)17(22)12-25-2/h3-4,6-7,14,16H,5,8-12H2,1-2H3,(H,20,23)/t14-,16+/m0/s1. The molecule has 0 aliphatic carbocycles. The summed E-state index contributed by atoms with van der Waals surface area (Å²) < 4.78 is 23.1. The predicted octanol–water partition coefficient (Wildman–Crippen LogP) is 1.51. The zero-order chi connectivity index (χ0) is 18.2. The van der Waals surface area contributed by atoms with Gasteiger partial charge in [-0.2, -0.15) is 0 Å². The molecular weight excluding hydrogens is 327 g/mol. The third kappa shape index (κ3) is 5.24. The van der Waals surface area contributed by atoms with Gasteiger partial charge >= 0.3 is 0 Å². The fourth-order valence-electron chi connectivity index (χ4n) is 3.12. The molecule has 1 aromatic carbocycles. The van der Waals surface area contributed by atoms with Crippen molar-refractivity contribution >= 4 is 11.8 Å². The summed E-state index contributed by atoms with van der Waals surface area (Å²) in [5, 5.41) is 2.82. The first-order valence-corrected chi connectivity index (χ1v) is 8.37. The van der Waals surface area contributed by atoms with Gasteiger partial charge in [-0.1, -0.05) is 12.1 Å². The van der Waals surface area contributed by atoms with Crippen LogP contribution in [0.3, 0.4) is 0 Å². The molecule has 0 unspecified atom stereocenters. The lowest BCUT2D eigenvalue weighted by molar-refractivity contribution is -0.142. The smallest absolute Gasteiger partial charge is 0.249 e. The zero-order valence-corrected chi connectivity index (χ0v) is 14.7. The molecule has 0 spiro atoms. The van der Waals surface area contributed by atoms with Crippen molar-refractivity contribution in [3.63, 3.8) is 0 Å². The quantitative estimate of drug-likeness (QED) is 0.756. The fourth-order valence-corrected chi connectivity index (χ4v) is 3.12. The van der Waals surface area contributed by atoms with Crippen LogP contribution in [0.2, 0.25) is 0 Å². The number of piperidine rings is 1. The highest BCUT2D eigenvalue weighted by Gasteiger charge is 2.35. The Balaban J connectivity index is 2.10. The maximum Gasteiger partial charge on any atom is 0.249 e. The van der Waals surface area contributed by atoms with Crippen LogP contribution in [0.25, 0.3) is 0 Å². The Bertz CT molecular complexity index is 579. The van der Waals surface area contributed by atoms with Gasteiger partial charge in [0.2, 0.25) is 11.8 Å². The SMILES string of the molecule is COCCNC(=O)[C@H]1CC[C@H](c2ccc(F)cc2)N(C(=O)COC)C1. The molecule has 1 N–H and O–H groups in total. The minimum atomic E-state index is -0.315. The number of halogens is 1. The van der Waals surface area contributed by atoms with Crippen molar-refractivity contribution in [3.05, 3.63) is 35.6 Å². The van der Waals surface area contributed by atoms with E-state index >= 15 is 0 Å². The highest BCUT2D eigenvalue weighted by Crippen LogP contribution is 2.33. The number of benzene rings is 1. The maximum atomic E-state index is 13.2. The van der Waals surface area contributed by atoms with Crippen LogP contribution < -0.4 is 5.32 Å². The number of hydrogen-bond acceptors (Lipinski definition) is 4. The summed E-state index contributed by atoms with van der Waals surface area (Å²) in [7, 11) is 3.04. The molecule has 1 aromatic rings. The monoisotopic (exact) mass is 352 g/mol. The molecule has 1 fully saturated rings. The van der Waals surface area contributed by atoms with E-state index in [2.05, 4.69) is 5.32 Å². The van der Waals surface area contributed by atoms with E-state index in [1.807, 2.05) is 0 Å². The number of rotatable bonds is 7. The molecule has 0 aromatic heterocycles. The summed E-state index contributed by atoms with van der Waals surface area (Å²) in [6.07, 6.45) is 1.31. The van der Waals surface area contributed by atoms with Gasteiger partial charge in [-0.15, -0.1) is 0 Å². The number of methoxy groups -OCH3 is 2. The lowest BCUT2D eigenvalue weighted by atomic mass is 9.88. The number of likely N-dealkylation sites (tertiary alicyclic amines) is 1. The summed E-state index contributed by atoms with van der Waals surface area (Å²) in [5.41, 5.74) is 0.865. The van der Waals surface area contributed by atoms with Crippen molar-refractivity contribution in [1.29, 1.82) is 0 Å². The molecule has 0 bridgehead atoms. The van der Waals surface area contributed by atoms with Crippen LogP contribution in [-0.2, 0) is 19.1 Å². The van der Waals surface area contributed by atoms with Crippen molar-refractivity contribution in [3.8, 4) is 0 Å². The van der Waals surface area contributed by atoms with Gasteiger partial charge in [0, 0.05) is 27.3 Å². The van der Waals surface area contributed by atoms with E-state index in [4.69, 9.17) is 9.47 Å². The van der Waals surface area contributed by atoms with E-state index < -0.39 is 0 Å². The Labute approximate surface area is 147 Å². The number of hydrogen-bond donors (Lipinski definition) is 1. The number of nitrogens with zero attached hydrogens (tertiary/aromatic N) is 1. The van der Waals surface area contributed by atoms with E-state index in [-0.39, 0.29) is 36.2 Å². The lowest BCUT2D eigenvalue weighted by Crippen LogP contribution is -2.48. The fraction of sp³-hybridized carbons (Fsp3) is 0.556. The maximum absolute atomic E-state index is 13.2. The van der Waals surface area contributed by atoms with Crippen LogP contribution in [0.1, 0.15) is 24.4 Å². The van der Waals surface area contributed by atoms with E-state index in [9.17, 15) is 14.0 Å². The molecule has 0 saturated carbocycles. The Morgan fingerprint density at radius 2 is 1.92 bits per heavy atom. The van der Waals surface area contributed by atoms with Gasteiger partial charge in [-0.3, -0.25) is 9.59 Å². The molecule has 138 valence electrons. The number of carbonyl (C=O) groups excluding carboxylic acids is 2. The van der Waals surface area contributed by atoms with Crippen molar-refractivity contribution in [2.75, 3.05) is 40.5 Å². The van der Waals surface area contributed by atoms with Crippen LogP contribution >= 0.6 is 0 Å². The first kappa shape index (κ1) is 19.3. The molecule has 1 heterocycles. The summed E-state index contributed by atoms with van der Waals surface area (Å²) in [6, 6.07) is 5.97. The number of amides is 2. The first-order chi connectivity index (χ1) is 12.1. The van der Waals surface area contributed by atoms with Crippen LogP contribution in [0.5, 0.6) is 0 Å². The van der Waals surface area contributed by atoms with Gasteiger partial charge in [0.05, 0.1) is 18.6 Å². The Kier molecular flexibility index (Phi) is 7.33. The topological polar surface area (TPSA) is 67.9 Å². The van der Waals surface area contributed by atoms with Gasteiger partial charge in [0.25, 0.3) is 0 Å². The van der Waals surface area contributed by atoms with Gasteiger partial charge in [-0.25, -0.2) is 4.39 Å². The second kappa shape index (κ2) is 9.48. The highest BCUT2D eigenvalue weighted by atomic mass is 19.1. The van der Waals surface area contributed by atoms with Crippen LogP contribution in [0.4, 0.5) is 4.39 Å². The van der Waals surface area contributed by atoms with Gasteiger partial charge in [0.1, 0.15) is 12.4 Å². The van der Waals surface area contributed by atoms with E-state index in [0.29, 0.717) is 32.5 Å². The average Bonchev–Trinajstić information content (AvgIpc) is 2.62. The van der Waals surface area contributed by atoms with Gasteiger partial charge in [0.15, 0.2) is 0 Å².